The first-order valence-electron chi connectivity index (χ1n) is 10.4. The van der Waals surface area contributed by atoms with Crippen LogP contribution in [0.3, 0.4) is 0 Å². The van der Waals surface area contributed by atoms with Crippen molar-refractivity contribution in [2.45, 2.75) is 52.2 Å². The van der Waals surface area contributed by atoms with Gasteiger partial charge in [0.25, 0.3) is 5.82 Å². The summed E-state index contributed by atoms with van der Waals surface area (Å²) in [4.78, 5) is 51.5. The average Bonchev–Trinajstić information content (AvgIpc) is 3.34. The van der Waals surface area contributed by atoms with E-state index in [4.69, 9.17) is 23.7 Å². The van der Waals surface area contributed by atoms with Gasteiger partial charge in [-0.3, -0.25) is 14.4 Å². The molecule has 1 saturated heterocycles. The van der Waals surface area contributed by atoms with Gasteiger partial charge in [0.15, 0.2) is 24.3 Å². The topological polar surface area (TPSA) is 145 Å². The number of nitrogens with zero attached hydrogens (tertiary/aromatic N) is 3. The van der Waals surface area contributed by atoms with Gasteiger partial charge in [-0.05, 0) is 6.92 Å². The molecule has 1 aliphatic rings. The molecule has 0 radical (unpaired) electrons. The minimum absolute atomic E-state index is 0.220. The molecule has 3 rings (SSSR count). The lowest BCUT2D eigenvalue weighted by atomic mass is 10.1. The number of esters is 4. The predicted molar refractivity (Wildman–Crippen MR) is 113 cm³/mol. The normalized spacial score (nSPS) is 21.6. The highest BCUT2D eigenvalue weighted by Crippen LogP contribution is 2.36. The Morgan fingerprint density at radius 1 is 0.971 bits per heavy atom. The zero-order valence-corrected chi connectivity index (χ0v) is 19.3. The van der Waals surface area contributed by atoms with E-state index in [1.807, 2.05) is 19.1 Å². The number of methoxy groups -OCH3 is 1. The van der Waals surface area contributed by atoms with Crippen LogP contribution in [0.5, 0.6) is 0 Å². The fraction of sp³-hybridized carbons (Fsp3) is 0.455. The lowest BCUT2D eigenvalue weighted by Crippen LogP contribution is -2.40. The highest BCUT2D eigenvalue weighted by Gasteiger charge is 2.52. The molecule has 12 heteroatoms. The zero-order valence-electron chi connectivity index (χ0n) is 19.3. The molecule has 2 aromatic rings. The molecule has 1 aliphatic heterocycles. The Balaban J connectivity index is 2.11. The minimum atomic E-state index is -1.18. The Labute approximate surface area is 195 Å². The Morgan fingerprint density at radius 2 is 1.59 bits per heavy atom. The highest BCUT2D eigenvalue weighted by molar-refractivity contribution is 5.85. The fourth-order valence-electron chi connectivity index (χ4n) is 3.47. The number of carbonyl (C=O) groups excluding carboxylic acids is 4. The standard InChI is InChI=1S/C22H25N3O9/c1-11-6-8-15(9-7-11)20-23-19(22(29)30-5)24-25(20)21-18(33-14(4)28)17(32-13(3)27)16(34-21)10-31-12(2)26/h6-9,16-18,21H,10H2,1-5H3/t16-,17-,18-,21-/m1/s1. The van der Waals surface area contributed by atoms with Crippen molar-refractivity contribution in [2.24, 2.45) is 0 Å². The predicted octanol–water partition coefficient (Wildman–Crippen LogP) is 1.36. The summed E-state index contributed by atoms with van der Waals surface area (Å²) in [7, 11) is 1.19. The zero-order chi connectivity index (χ0) is 25.0. The first-order valence-corrected chi connectivity index (χ1v) is 10.4. The van der Waals surface area contributed by atoms with Crippen LogP contribution in [0, 0.1) is 6.92 Å². The molecule has 0 unspecified atom stereocenters. The van der Waals surface area contributed by atoms with E-state index in [0.29, 0.717) is 5.56 Å². The van der Waals surface area contributed by atoms with Crippen molar-refractivity contribution >= 4 is 23.9 Å². The number of ether oxygens (including phenoxy) is 5. The van der Waals surface area contributed by atoms with E-state index in [1.165, 1.54) is 32.6 Å². The van der Waals surface area contributed by atoms with Crippen molar-refractivity contribution in [3.8, 4) is 11.4 Å². The van der Waals surface area contributed by atoms with Crippen LogP contribution >= 0.6 is 0 Å². The molecule has 12 nitrogen and oxygen atoms in total. The Hall–Kier alpha value is -3.80. The lowest BCUT2D eigenvalue weighted by Gasteiger charge is -2.23. The van der Waals surface area contributed by atoms with E-state index in [1.54, 1.807) is 12.1 Å². The molecule has 4 atom stereocenters. The molecule has 2 heterocycles. The van der Waals surface area contributed by atoms with Crippen molar-refractivity contribution in [3.63, 3.8) is 0 Å². The second kappa shape index (κ2) is 10.4. The van der Waals surface area contributed by atoms with Crippen LogP contribution in [0.4, 0.5) is 0 Å². The summed E-state index contributed by atoms with van der Waals surface area (Å²) in [5.74, 6) is -2.73. The van der Waals surface area contributed by atoms with Crippen LogP contribution < -0.4 is 0 Å². The van der Waals surface area contributed by atoms with Gasteiger partial charge >= 0.3 is 23.9 Å². The van der Waals surface area contributed by atoms with Crippen molar-refractivity contribution in [1.82, 2.24) is 14.8 Å². The summed E-state index contributed by atoms with van der Waals surface area (Å²) < 4.78 is 27.9. The molecule has 0 spiro atoms. The number of rotatable bonds is 7. The van der Waals surface area contributed by atoms with Gasteiger partial charge in [0.05, 0.1) is 7.11 Å². The van der Waals surface area contributed by atoms with Crippen LogP contribution in [0.2, 0.25) is 0 Å². The minimum Gasteiger partial charge on any atom is -0.463 e. The SMILES string of the molecule is COC(=O)c1nc(-c2ccc(C)cc2)n([C@@H]2O[C@H](COC(C)=O)[C@@H](OC(C)=O)[C@H]2OC(C)=O)n1. The first kappa shape index (κ1) is 24.8. The van der Waals surface area contributed by atoms with Crippen molar-refractivity contribution in [2.75, 3.05) is 13.7 Å². The van der Waals surface area contributed by atoms with E-state index in [0.717, 1.165) is 5.56 Å². The third kappa shape index (κ3) is 5.57. The molecule has 1 aromatic carbocycles. The second-order valence-corrected chi connectivity index (χ2v) is 7.58. The van der Waals surface area contributed by atoms with Gasteiger partial charge in [0.2, 0.25) is 0 Å². The molecule has 182 valence electrons. The van der Waals surface area contributed by atoms with Crippen molar-refractivity contribution in [1.29, 1.82) is 0 Å². The Bertz CT molecular complexity index is 1080. The lowest BCUT2D eigenvalue weighted by molar-refractivity contribution is -0.166. The van der Waals surface area contributed by atoms with Gasteiger partial charge in [-0.25, -0.2) is 14.5 Å². The van der Waals surface area contributed by atoms with Crippen LogP contribution in [0.25, 0.3) is 11.4 Å². The van der Waals surface area contributed by atoms with E-state index in [2.05, 4.69) is 10.1 Å². The summed E-state index contributed by atoms with van der Waals surface area (Å²) in [5, 5.41) is 4.23. The third-order valence-electron chi connectivity index (χ3n) is 4.89. The maximum absolute atomic E-state index is 12.2. The maximum Gasteiger partial charge on any atom is 0.377 e. The van der Waals surface area contributed by atoms with Crippen molar-refractivity contribution < 1.29 is 42.9 Å². The van der Waals surface area contributed by atoms with Crippen molar-refractivity contribution in [3.05, 3.63) is 35.7 Å². The molecule has 1 fully saturated rings. The van der Waals surface area contributed by atoms with E-state index < -0.39 is 48.4 Å². The molecule has 0 bridgehead atoms. The van der Waals surface area contributed by atoms with Crippen LogP contribution in [0.1, 0.15) is 43.2 Å². The molecule has 0 amide bonds. The molecule has 34 heavy (non-hydrogen) atoms. The van der Waals surface area contributed by atoms with E-state index in [-0.39, 0.29) is 18.3 Å². The first-order chi connectivity index (χ1) is 16.1. The summed E-state index contributed by atoms with van der Waals surface area (Å²) in [6, 6.07) is 7.23. The number of carbonyl (C=O) groups is 4. The van der Waals surface area contributed by atoms with Gasteiger partial charge in [-0.2, -0.15) is 0 Å². The maximum atomic E-state index is 12.2. The fourth-order valence-corrected chi connectivity index (χ4v) is 3.47. The van der Waals surface area contributed by atoms with Gasteiger partial charge in [-0.15, -0.1) is 5.10 Å². The molecule has 0 N–H and O–H groups in total. The summed E-state index contributed by atoms with van der Waals surface area (Å²) in [5.41, 5.74) is 1.58. The van der Waals surface area contributed by atoms with Crippen LogP contribution in [-0.2, 0) is 38.1 Å². The molecule has 0 saturated carbocycles. The number of hydrogen-bond acceptors (Lipinski definition) is 11. The molecule has 1 aromatic heterocycles. The van der Waals surface area contributed by atoms with Gasteiger partial charge in [0.1, 0.15) is 12.7 Å². The second-order valence-electron chi connectivity index (χ2n) is 7.58. The molecular formula is C22H25N3O9. The summed E-state index contributed by atoms with van der Waals surface area (Å²) in [6.07, 6.45) is -4.46. The number of benzene rings is 1. The van der Waals surface area contributed by atoms with Gasteiger partial charge in [0, 0.05) is 26.3 Å². The largest absolute Gasteiger partial charge is 0.463 e. The monoisotopic (exact) mass is 475 g/mol. The third-order valence-corrected chi connectivity index (χ3v) is 4.89. The molecule has 0 aliphatic carbocycles. The Morgan fingerprint density at radius 3 is 2.15 bits per heavy atom. The molecular weight excluding hydrogens is 450 g/mol. The van der Waals surface area contributed by atoms with Gasteiger partial charge in [-0.1, -0.05) is 29.8 Å². The summed E-state index contributed by atoms with van der Waals surface area (Å²) >= 11 is 0. The van der Waals surface area contributed by atoms with Gasteiger partial charge < -0.3 is 23.7 Å². The van der Waals surface area contributed by atoms with Crippen LogP contribution in [0.15, 0.2) is 24.3 Å². The number of aryl methyl sites for hydroxylation is 1. The average molecular weight is 475 g/mol. The smallest absolute Gasteiger partial charge is 0.377 e. The van der Waals surface area contributed by atoms with Crippen LogP contribution in [-0.4, -0.2) is 70.7 Å². The quantitative estimate of drug-likeness (QED) is 0.423. The van der Waals surface area contributed by atoms with E-state index in [9.17, 15) is 19.2 Å². The summed E-state index contributed by atoms with van der Waals surface area (Å²) in [6.45, 7) is 5.22. The van der Waals surface area contributed by atoms with E-state index >= 15 is 0 Å². The number of aromatic nitrogens is 3. The Kier molecular flexibility index (Phi) is 7.61. The number of hydrogen-bond donors (Lipinski definition) is 0. The highest BCUT2D eigenvalue weighted by atomic mass is 16.7.